The van der Waals surface area contributed by atoms with Gasteiger partial charge in [-0.15, -0.1) is 0 Å². The van der Waals surface area contributed by atoms with Crippen molar-refractivity contribution in [3.05, 3.63) is 23.7 Å². The minimum Gasteiger partial charge on any atom is -0.481 e. The van der Waals surface area contributed by atoms with Crippen molar-refractivity contribution in [2.75, 3.05) is 26.2 Å². The quantitative estimate of drug-likeness (QED) is 0.896. The fourth-order valence-electron chi connectivity index (χ4n) is 3.81. The van der Waals surface area contributed by atoms with Crippen LogP contribution in [-0.4, -0.2) is 53.0 Å². The van der Waals surface area contributed by atoms with Gasteiger partial charge in [-0.05, 0) is 57.3 Å². The van der Waals surface area contributed by atoms with Crippen molar-refractivity contribution < 1.29 is 19.1 Å². The standard InChI is InChI=1S/C18H26N2O4/c1-2-18(17(22)23)8-5-11-20(13-18)16(21)15-7-6-14(24-15)12-19-9-3-4-10-19/h6-7H,2-5,8-13H2,1H3,(H,22,23)/t18-/m0/s1. The number of aliphatic carboxylic acids is 1. The zero-order valence-corrected chi connectivity index (χ0v) is 14.3. The average molecular weight is 334 g/mol. The summed E-state index contributed by atoms with van der Waals surface area (Å²) >= 11 is 0. The Hall–Kier alpha value is -1.82. The second-order valence-corrected chi connectivity index (χ2v) is 7.02. The first-order chi connectivity index (χ1) is 11.5. The van der Waals surface area contributed by atoms with Crippen LogP contribution in [0.25, 0.3) is 0 Å². The van der Waals surface area contributed by atoms with Crippen LogP contribution >= 0.6 is 0 Å². The molecule has 0 aliphatic carbocycles. The lowest BCUT2D eigenvalue weighted by molar-refractivity contribution is -0.152. The Morgan fingerprint density at radius 2 is 1.96 bits per heavy atom. The van der Waals surface area contributed by atoms with Crippen LogP contribution in [0.2, 0.25) is 0 Å². The predicted molar refractivity (Wildman–Crippen MR) is 88.7 cm³/mol. The molecular formula is C18H26N2O4. The van der Waals surface area contributed by atoms with Crippen molar-refractivity contribution in [1.29, 1.82) is 0 Å². The maximum absolute atomic E-state index is 12.7. The monoisotopic (exact) mass is 334 g/mol. The van der Waals surface area contributed by atoms with Crippen molar-refractivity contribution >= 4 is 11.9 Å². The number of furan rings is 1. The molecule has 1 amide bonds. The van der Waals surface area contributed by atoms with Gasteiger partial charge in [-0.3, -0.25) is 14.5 Å². The van der Waals surface area contributed by atoms with E-state index in [-0.39, 0.29) is 12.5 Å². The summed E-state index contributed by atoms with van der Waals surface area (Å²) in [5.74, 6) is 0.122. The van der Waals surface area contributed by atoms with Gasteiger partial charge in [-0.2, -0.15) is 0 Å². The first-order valence-corrected chi connectivity index (χ1v) is 8.88. The van der Waals surface area contributed by atoms with Crippen LogP contribution in [0.1, 0.15) is 55.3 Å². The summed E-state index contributed by atoms with van der Waals surface area (Å²) in [5.41, 5.74) is -0.821. The fraction of sp³-hybridized carbons (Fsp3) is 0.667. The molecule has 6 heteroatoms. The maximum atomic E-state index is 12.7. The third-order valence-corrected chi connectivity index (χ3v) is 5.45. The highest BCUT2D eigenvalue weighted by Crippen LogP contribution is 2.34. The molecule has 0 aromatic carbocycles. The minimum atomic E-state index is -0.821. The van der Waals surface area contributed by atoms with Gasteiger partial charge >= 0.3 is 5.97 Å². The number of nitrogens with zero attached hydrogens (tertiary/aromatic N) is 2. The number of amides is 1. The minimum absolute atomic E-state index is 0.193. The van der Waals surface area contributed by atoms with Gasteiger partial charge in [0.15, 0.2) is 5.76 Å². The van der Waals surface area contributed by atoms with Gasteiger partial charge < -0.3 is 14.4 Å². The van der Waals surface area contributed by atoms with E-state index >= 15 is 0 Å². The summed E-state index contributed by atoms with van der Waals surface area (Å²) in [5, 5.41) is 9.56. The van der Waals surface area contributed by atoms with Crippen LogP contribution in [0.3, 0.4) is 0 Å². The summed E-state index contributed by atoms with van der Waals surface area (Å²) in [7, 11) is 0. The fourth-order valence-corrected chi connectivity index (χ4v) is 3.81. The van der Waals surface area contributed by atoms with Crippen molar-refractivity contribution in [3.63, 3.8) is 0 Å². The lowest BCUT2D eigenvalue weighted by Crippen LogP contribution is -2.49. The zero-order chi connectivity index (χ0) is 17.2. The molecule has 1 aromatic rings. The summed E-state index contributed by atoms with van der Waals surface area (Å²) in [4.78, 5) is 28.3. The number of hydrogen-bond donors (Lipinski definition) is 1. The van der Waals surface area contributed by atoms with Crippen molar-refractivity contribution in [1.82, 2.24) is 9.80 Å². The molecule has 2 fully saturated rings. The molecule has 24 heavy (non-hydrogen) atoms. The van der Waals surface area contributed by atoms with Crippen LogP contribution in [0.4, 0.5) is 0 Å². The predicted octanol–water partition coefficient (Wildman–Crippen LogP) is 2.59. The molecule has 1 N–H and O–H groups in total. The molecule has 3 heterocycles. The molecule has 6 nitrogen and oxygen atoms in total. The van der Waals surface area contributed by atoms with Crippen LogP contribution in [0, 0.1) is 5.41 Å². The average Bonchev–Trinajstić information content (AvgIpc) is 3.26. The Balaban J connectivity index is 1.67. The van der Waals surface area contributed by atoms with E-state index in [0.29, 0.717) is 31.6 Å². The second-order valence-electron chi connectivity index (χ2n) is 7.02. The van der Waals surface area contributed by atoms with Gasteiger partial charge in [0.25, 0.3) is 5.91 Å². The smallest absolute Gasteiger partial charge is 0.311 e. The summed E-state index contributed by atoms with van der Waals surface area (Å²) < 4.78 is 5.74. The first kappa shape index (κ1) is 17.0. The van der Waals surface area contributed by atoms with E-state index in [1.54, 1.807) is 11.0 Å². The first-order valence-electron chi connectivity index (χ1n) is 8.88. The number of rotatable bonds is 5. The molecule has 3 rings (SSSR count). The highest BCUT2D eigenvalue weighted by atomic mass is 16.4. The third-order valence-electron chi connectivity index (χ3n) is 5.45. The molecule has 1 aromatic heterocycles. The number of likely N-dealkylation sites (tertiary alicyclic amines) is 2. The van der Waals surface area contributed by atoms with Gasteiger partial charge in [0.1, 0.15) is 5.76 Å². The summed E-state index contributed by atoms with van der Waals surface area (Å²) in [6.45, 7) is 5.63. The van der Waals surface area contributed by atoms with Gasteiger partial charge in [-0.25, -0.2) is 0 Å². The molecule has 0 spiro atoms. The SMILES string of the molecule is CC[C@]1(C(=O)O)CCCN(C(=O)c2ccc(CN3CCCC3)o2)C1. The van der Waals surface area contributed by atoms with Gasteiger partial charge in [0.2, 0.25) is 0 Å². The molecule has 2 aliphatic rings. The number of carbonyl (C=O) groups excluding carboxylic acids is 1. The molecule has 0 saturated carbocycles. The Kier molecular flexibility index (Phi) is 4.94. The van der Waals surface area contributed by atoms with E-state index in [0.717, 1.165) is 25.4 Å². The third kappa shape index (κ3) is 3.34. The van der Waals surface area contributed by atoms with Crippen molar-refractivity contribution in [2.24, 2.45) is 5.41 Å². The number of carboxylic acid groups (broad SMARTS) is 1. The van der Waals surface area contributed by atoms with Gasteiger partial charge in [0, 0.05) is 13.1 Å². The topological polar surface area (TPSA) is 74.0 Å². The summed E-state index contributed by atoms with van der Waals surface area (Å²) in [6.07, 6.45) is 4.31. The zero-order valence-electron chi connectivity index (χ0n) is 14.3. The van der Waals surface area contributed by atoms with Crippen LogP contribution in [-0.2, 0) is 11.3 Å². The summed E-state index contributed by atoms with van der Waals surface area (Å²) in [6, 6.07) is 3.58. The highest BCUT2D eigenvalue weighted by Gasteiger charge is 2.42. The maximum Gasteiger partial charge on any atom is 0.311 e. The van der Waals surface area contributed by atoms with Crippen molar-refractivity contribution in [3.8, 4) is 0 Å². The van der Waals surface area contributed by atoms with Crippen LogP contribution in [0.15, 0.2) is 16.5 Å². The van der Waals surface area contributed by atoms with Gasteiger partial charge in [-0.1, -0.05) is 6.92 Å². The van der Waals surface area contributed by atoms with E-state index in [1.807, 2.05) is 13.0 Å². The molecule has 0 unspecified atom stereocenters. The Morgan fingerprint density at radius 3 is 2.62 bits per heavy atom. The molecule has 0 radical (unpaired) electrons. The normalized spacial score (nSPS) is 25.1. The Labute approximate surface area is 142 Å². The molecule has 2 aliphatic heterocycles. The van der Waals surface area contributed by atoms with Crippen molar-refractivity contribution in [2.45, 2.75) is 45.6 Å². The highest BCUT2D eigenvalue weighted by molar-refractivity contribution is 5.92. The van der Waals surface area contributed by atoms with Gasteiger partial charge in [0.05, 0.1) is 12.0 Å². The van der Waals surface area contributed by atoms with E-state index in [2.05, 4.69) is 4.90 Å². The van der Waals surface area contributed by atoms with Crippen LogP contribution in [0.5, 0.6) is 0 Å². The van der Waals surface area contributed by atoms with E-state index in [9.17, 15) is 14.7 Å². The number of carbonyl (C=O) groups is 2. The molecule has 1 atom stereocenters. The lowest BCUT2D eigenvalue weighted by atomic mass is 9.77. The van der Waals surface area contributed by atoms with E-state index in [1.165, 1.54) is 12.8 Å². The molecular weight excluding hydrogens is 308 g/mol. The number of carboxylic acids is 1. The largest absolute Gasteiger partial charge is 0.481 e. The van der Waals surface area contributed by atoms with Crippen LogP contribution < -0.4 is 0 Å². The number of piperidine rings is 1. The lowest BCUT2D eigenvalue weighted by Gasteiger charge is -2.39. The molecule has 2 saturated heterocycles. The second kappa shape index (κ2) is 6.97. The van der Waals surface area contributed by atoms with E-state index in [4.69, 9.17) is 4.42 Å². The van der Waals surface area contributed by atoms with E-state index < -0.39 is 11.4 Å². The Morgan fingerprint density at radius 1 is 1.21 bits per heavy atom. The Bertz CT molecular complexity index is 606. The molecule has 132 valence electrons. The molecule has 0 bridgehead atoms. The number of hydrogen-bond acceptors (Lipinski definition) is 4.